The third kappa shape index (κ3) is 7.48. The monoisotopic (exact) mass is 284 g/mol. The Hall–Kier alpha value is -1.10. The van der Waals surface area contributed by atoms with Gasteiger partial charge in [0.2, 0.25) is 5.91 Å². The highest BCUT2D eigenvalue weighted by atomic mass is 16.4. The highest BCUT2D eigenvalue weighted by molar-refractivity contribution is 5.77. The molecule has 1 fully saturated rings. The van der Waals surface area contributed by atoms with Crippen molar-refractivity contribution in [3.05, 3.63) is 0 Å². The molecule has 0 aromatic heterocycles. The Morgan fingerprint density at radius 1 is 1.40 bits per heavy atom. The van der Waals surface area contributed by atoms with Gasteiger partial charge in [-0.3, -0.25) is 9.59 Å². The molecular formula is C15H28N2O3. The number of carbonyl (C=O) groups is 2. The van der Waals surface area contributed by atoms with Gasteiger partial charge in [-0.15, -0.1) is 0 Å². The number of rotatable bonds is 6. The molecule has 0 bridgehead atoms. The summed E-state index contributed by atoms with van der Waals surface area (Å²) in [6.07, 6.45) is 3.34. The highest BCUT2D eigenvalue weighted by Gasteiger charge is 2.24. The summed E-state index contributed by atoms with van der Waals surface area (Å²) in [5.41, 5.74) is -0.000208. The minimum atomic E-state index is -0.862. The van der Waals surface area contributed by atoms with Gasteiger partial charge in [-0.05, 0) is 43.7 Å². The Bertz CT molecular complexity index is 331. The zero-order valence-corrected chi connectivity index (χ0v) is 12.9. The molecule has 2 unspecified atom stereocenters. The first-order chi connectivity index (χ1) is 9.26. The van der Waals surface area contributed by atoms with Crippen LogP contribution in [0.2, 0.25) is 0 Å². The second-order valence-electron chi connectivity index (χ2n) is 7.04. The Balaban J connectivity index is 2.45. The Labute approximate surface area is 121 Å². The fraction of sp³-hybridized carbons (Fsp3) is 0.867. The van der Waals surface area contributed by atoms with Crippen LogP contribution in [0.25, 0.3) is 0 Å². The van der Waals surface area contributed by atoms with E-state index in [4.69, 9.17) is 5.11 Å². The van der Waals surface area contributed by atoms with Gasteiger partial charge in [0.1, 0.15) is 0 Å². The van der Waals surface area contributed by atoms with E-state index in [0.29, 0.717) is 18.8 Å². The first-order valence-electron chi connectivity index (χ1n) is 7.48. The van der Waals surface area contributed by atoms with Crippen LogP contribution in [0.3, 0.4) is 0 Å². The second kappa shape index (κ2) is 7.62. The lowest BCUT2D eigenvalue weighted by atomic mass is 9.86. The lowest BCUT2D eigenvalue weighted by Gasteiger charge is -2.27. The van der Waals surface area contributed by atoms with Gasteiger partial charge in [0.05, 0.1) is 6.42 Å². The summed E-state index contributed by atoms with van der Waals surface area (Å²) < 4.78 is 0. The number of carboxylic acid groups (broad SMARTS) is 1. The number of carboxylic acids is 1. The summed E-state index contributed by atoms with van der Waals surface area (Å²) in [5.74, 6) is -0.503. The third-order valence-corrected chi connectivity index (χ3v) is 3.52. The molecule has 0 radical (unpaired) electrons. The molecule has 0 aliphatic carbocycles. The van der Waals surface area contributed by atoms with E-state index in [9.17, 15) is 9.59 Å². The van der Waals surface area contributed by atoms with Crippen LogP contribution in [-0.2, 0) is 9.59 Å². The number of piperidine rings is 1. The maximum Gasteiger partial charge on any atom is 0.305 e. The molecule has 1 rings (SSSR count). The lowest BCUT2D eigenvalue weighted by Crippen LogP contribution is -2.41. The van der Waals surface area contributed by atoms with E-state index >= 15 is 0 Å². The molecule has 1 aliphatic heterocycles. The van der Waals surface area contributed by atoms with Crippen LogP contribution in [0.1, 0.15) is 52.9 Å². The van der Waals surface area contributed by atoms with Crippen molar-refractivity contribution >= 4 is 11.9 Å². The van der Waals surface area contributed by atoms with E-state index in [0.717, 1.165) is 25.9 Å². The van der Waals surface area contributed by atoms with Crippen molar-refractivity contribution in [2.75, 3.05) is 13.1 Å². The van der Waals surface area contributed by atoms with Crippen molar-refractivity contribution in [3.63, 3.8) is 0 Å². The first kappa shape index (κ1) is 17.0. The van der Waals surface area contributed by atoms with Gasteiger partial charge >= 0.3 is 5.97 Å². The number of amides is 1. The van der Waals surface area contributed by atoms with Crippen LogP contribution in [0.4, 0.5) is 0 Å². The molecule has 5 nitrogen and oxygen atoms in total. The first-order valence-corrected chi connectivity index (χ1v) is 7.48. The Kier molecular flexibility index (Phi) is 6.46. The molecule has 0 spiro atoms. The zero-order chi connectivity index (χ0) is 15.2. The fourth-order valence-electron chi connectivity index (χ4n) is 2.77. The predicted octanol–water partition coefficient (Wildman–Crippen LogP) is 1.77. The van der Waals surface area contributed by atoms with Crippen LogP contribution in [0.5, 0.6) is 0 Å². The molecular weight excluding hydrogens is 256 g/mol. The lowest BCUT2D eigenvalue weighted by molar-refractivity contribution is -0.138. The number of nitrogens with one attached hydrogen (secondary N) is 2. The minimum absolute atomic E-state index is 0.000208. The van der Waals surface area contributed by atoms with Gasteiger partial charge in [0.25, 0.3) is 0 Å². The molecule has 0 aromatic carbocycles. The molecule has 1 heterocycles. The van der Waals surface area contributed by atoms with Gasteiger partial charge in [0.15, 0.2) is 0 Å². The largest absolute Gasteiger partial charge is 0.481 e. The number of carbonyl (C=O) groups excluding carboxylic acids is 1. The zero-order valence-electron chi connectivity index (χ0n) is 12.9. The van der Waals surface area contributed by atoms with Crippen molar-refractivity contribution in [3.8, 4) is 0 Å². The summed E-state index contributed by atoms with van der Waals surface area (Å²) in [4.78, 5) is 23.0. The van der Waals surface area contributed by atoms with E-state index in [-0.39, 0.29) is 23.8 Å². The quantitative estimate of drug-likeness (QED) is 0.694. The van der Waals surface area contributed by atoms with Crippen molar-refractivity contribution in [2.45, 2.75) is 58.9 Å². The average Bonchev–Trinajstić information content (AvgIpc) is 2.26. The number of aliphatic carboxylic acids is 1. The van der Waals surface area contributed by atoms with Crippen LogP contribution in [0, 0.1) is 11.3 Å². The molecule has 5 heteroatoms. The van der Waals surface area contributed by atoms with E-state index in [2.05, 4.69) is 31.4 Å². The van der Waals surface area contributed by atoms with Gasteiger partial charge in [-0.25, -0.2) is 0 Å². The van der Waals surface area contributed by atoms with Gasteiger partial charge in [-0.1, -0.05) is 20.8 Å². The molecule has 20 heavy (non-hydrogen) atoms. The predicted molar refractivity (Wildman–Crippen MR) is 78.5 cm³/mol. The molecule has 1 amide bonds. The number of hydrogen-bond donors (Lipinski definition) is 3. The number of hydrogen-bond acceptors (Lipinski definition) is 3. The standard InChI is InChI=1S/C15H28N2O3/c1-15(2,3)9-12(8-14(19)20)17-13(18)7-11-5-4-6-16-10-11/h11-12,16H,4-10H2,1-3H3,(H,17,18)(H,19,20). The van der Waals surface area contributed by atoms with E-state index < -0.39 is 5.97 Å². The minimum Gasteiger partial charge on any atom is -0.481 e. The van der Waals surface area contributed by atoms with Gasteiger partial charge in [0, 0.05) is 12.5 Å². The van der Waals surface area contributed by atoms with Gasteiger partial charge in [-0.2, -0.15) is 0 Å². The smallest absolute Gasteiger partial charge is 0.305 e. The van der Waals surface area contributed by atoms with Gasteiger partial charge < -0.3 is 15.7 Å². The Morgan fingerprint density at radius 2 is 2.10 bits per heavy atom. The van der Waals surface area contributed by atoms with E-state index in [1.807, 2.05) is 0 Å². The highest BCUT2D eigenvalue weighted by Crippen LogP contribution is 2.22. The molecule has 1 saturated heterocycles. The van der Waals surface area contributed by atoms with E-state index in [1.165, 1.54) is 0 Å². The summed E-state index contributed by atoms with van der Waals surface area (Å²) in [6.45, 7) is 8.08. The van der Waals surface area contributed by atoms with Crippen LogP contribution >= 0.6 is 0 Å². The SMILES string of the molecule is CC(C)(C)CC(CC(=O)O)NC(=O)CC1CCCNC1. The topological polar surface area (TPSA) is 78.4 Å². The van der Waals surface area contributed by atoms with Crippen LogP contribution < -0.4 is 10.6 Å². The van der Waals surface area contributed by atoms with Crippen molar-refractivity contribution in [1.29, 1.82) is 0 Å². The van der Waals surface area contributed by atoms with Crippen molar-refractivity contribution in [2.24, 2.45) is 11.3 Å². The van der Waals surface area contributed by atoms with Crippen molar-refractivity contribution < 1.29 is 14.7 Å². The second-order valence-corrected chi connectivity index (χ2v) is 7.04. The van der Waals surface area contributed by atoms with Crippen LogP contribution in [-0.4, -0.2) is 36.1 Å². The summed E-state index contributed by atoms with van der Waals surface area (Å²) in [6, 6.07) is -0.281. The molecule has 0 aromatic rings. The normalized spacial score (nSPS) is 21.2. The molecule has 0 saturated carbocycles. The maximum atomic E-state index is 12.1. The Morgan fingerprint density at radius 3 is 2.60 bits per heavy atom. The van der Waals surface area contributed by atoms with E-state index in [1.54, 1.807) is 0 Å². The molecule has 2 atom stereocenters. The maximum absolute atomic E-state index is 12.1. The third-order valence-electron chi connectivity index (χ3n) is 3.52. The fourth-order valence-corrected chi connectivity index (χ4v) is 2.77. The summed E-state index contributed by atoms with van der Waals surface area (Å²) in [5, 5.41) is 15.1. The summed E-state index contributed by atoms with van der Waals surface area (Å²) >= 11 is 0. The molecule has 116 valence electrons. The van der Waals surface area contributed by atoms with Crippen molar-refractivity contribution in [1.82, 2.24) is 10.6 Å². The molecule has 1 aliphatic rings. The summed E-state index contributed by atoms with van der Waals surface area (Å²) in [7, 11) is 0. The van der Waals surface area contributed by atoms with Crippen LogP contribution in [0.15, 0.2) is 0 Å². The molecule has 3 N–H and O–H groups in total. The average molecular weight is 284 g/mol.